The number of carbonyl (C=O) groups is 2. The number of aromatic nitrogens is 4. The van der Waals surface area contributed by atoms with Crippen molar-refractivity contribution < 1.29 is 14.7 Å². The van der Waals surface area contributed by atoms with Gasteiger partial charge in [0.25, 0.3) is 5.91 Å². The maximum absolute atomic E-state index is 12.4. The topological polar surface area (TPSA) is 101 Å². The van der Waals surface area contributed by atoms with Crippen molar-refractivity contribution in [1.82, 2.24) is 24.6 Å². The van der Waals surface area contributed by atoms with E-state index in [4.69, 9.17) is 4.98 Å². The first-order valence-electron chi connectivity index (χ1n) is 11.8. The van der Waals surface area contributed by atoms with E-state index < -0.39 is 12.0 Å². The van der Waals surface area contributed by atoms with Crippen molar-refractivity contribution in [1.29, 1.82) is 0 Å². The number of carbonyl (C=O) groups excluding carboxylic acids is 1. The first-order chi connectivity index (χ1) is 16.4. The first-order valence-corrected chi connectivity index (χ1v) is 11.8. The average Bonchev–Trinajstić information content (AvgIpc) is 3.30. The van der Waals surface area contributed by atoms with Crippen molar-refractivity contribution in [2.45, 2.75) is 57.4 Å². The first kappa shape index (κ1) is 23.6. The predicted octanol–water partition coefficient (Wildman–Crippen LogP) is 3.49. The van der Waals surface area contributed by atoms with Gasteiger partial charge in [-0.25, -0.2) is 0 Å². The third-order valence-corrected chi connectivity index (χ3v) is 6.31. The standard InChI is InChI=1S/C26H31N5O3/c1-30(2)26(34)23-16-19(12-14-27-23)24(17-25(32)33)31-21(13-15-28-31)8-5-7-20-11-10-18-6-3-4-9-22(18)29-20/h10-16,24H,3-9,17H2,1-2H3,(H,32,33). The summed E-state index contributed by atoms with van der Waals surface area (Å²) < 4.78 is 1.77. The summed E-state index contributed by atoms with van der Waals surface area (Å²) in [5, 5.41) is 14.0. The van der Waals surface area contributed by atoms with E-state index in [0.29, 0.717) is 5.56 Å². The van der Waals surface area contributed by atoms with Crippen LogP contribution in [0.2, 0.25) is 0 Å². The summed E-state index contributed by atoms with van der Waals surface area (Å²) in [4.78, 5) is 34.6. The smallest absolute Gasteiger partial charge is 0.305 e. The Kier molecular flexibility index (Phi) is 7.35. The van der Waals surface area contributed by atoms with Gasteiger partial charge in [-0.1, -0.05) is 6.07 Å². The molecule has 0 aliphatic heterocycles. The number of amides is 1. The normalized spacial score (nSPS) is 13.8. The summed E-state index contributed by atoms with van der Waals surface area (Å²) in [5.74, 6) is -1.16. The van der Waals surface area contributed by atoms with Gasteiger partial charge in [-0.15, -0.1) is 0 Å². The second kappa shape index (κ2) is 10.6. The molecule has 8 nitrogen and oxygen atoms in total. The van der Waals surface area contributed by atoms with Crippen LogP contribution in [0.3, 0.4) is 0 Å². The SMILES string of the molecule is CN(C)C(=O)c1cc(C(CC(=O)O)n2nccc2CCCc2ccc3c(n2)CCCC3)ccn1. The van der Waals surface area contributed by atoms with Crippen molar-refractivity contribution in [2.24, 2.45) is 0 Å². The number of aliphatic carboxylic acids is 1. The fourth-order valence-corrected chi connectivity index (χ4v) is 4.55. The van der Waals surface area contributed by atoms with E-state index in [0.717, 1.165) is 43.5 Å². The van der Waals surface area contributed by atoms with Gasteiger partial charge >= 0.3 is 5.97 Å². The number of aryl methyl sites for hydroxylation is 4. The van der Waals surface area contributed by atoms with Gasteiger partial charge in [0.15, 0.2) is 0 Å². The van der Waals surface area contributed by atoms with E-state index in [2.05, 4.69) is 22.2 Å². The van der Waals surface area contributed by atoms with Gasteiger partial charge in [-0.05, 0) is 80.3 Å². The van der Waals surface area contributed by atoms with E-state index in [-0.39, 0.29) is 18.0 Å². The van der Waals surface area contributed by atoms with E-state index in [1.165, 1.54) is 29.0 Å². The Morgan fingerprint density at radius 3 is 2.71 bits per heavy atom. The van der Waals surface area contributed by atoms with Crippen LogP contribution in [0.25, 0.3) is 0 Å². The van der Waals surface area contributed by atoms with Crippen molar-refractivity contribution in [3.05, 3.63) is 76.6 Å². The minimum atomic E-state index is -0.929. The molecule has 3 heterocycles. The van der Waals surface area contributed by atoms with Crippen LogP contribution >= 0.6 is 0 Å². The zero-order valence-corrected chi connectivity index (χ0v) is 19.8. The highest BCUT2D eigenvalue weighted by molar-refractivity contribution is 5.92. The quantitative estimate of drug-likeness (QED) is 0.523. The molecule has 0 bridgehead atoms. The molecule has 3 aromatic rings. The Hall–Kier alpha value is -3.55. The molecule has 8 heteroatoms. The van der Waals surface area contributed by atoms with E-state index in [1.807, 2.05) is 6.07 Å². The van der Waals surface area contributed by atoms with Crippen LogP contribution in [-0.4, -0.2) is 55.7 Å². The predicted molar refractivity (Wildman–Crippen MR) is 128 cm³/mol. The van der Waals surface area contributed by atoms with Gasteiger partial charge in [0.2, 0.25) is 0 Å². The molecular weight excluding hydrogens is 430 g/mol. The van der Waals surface area contributed by atoms with Gasteiger partial charge in [0.05, 0.1) is 12.5 Å². The van der Waals surface area contributed by atoms with Crippen molar-refractivity contribution in [3.8, 4) is 0 Å². The molecule has 34 heavy (non-hydrogen) atoms. The summed E-state index contributed by atoms with van der Waals surface area (Å²) in [7, 11) is 3.32. The molecule has 1 amide bonds. The Labute approximate surface area is 199 Å². The van der Waals surface area contributed by atoms with Crippen molar-refractivity contribution >= 4 is 11.9 Å². The molecule has 0 spiro atoms. The molecule has 4 rings (SSSR count). The number of carboxylic acids is 1. The number of hydrogen-bond donors (Lipinski definition) is 1. The molecule has 1 N–H and O–H groups in total. The summed E-state index contributed by atoms with van der Waals surface area (Å²) in [6.07, 6.45) is 10.3. The Bertz CT molecular complexity index is 1170. The maximum atomic E-state index is 12.4. The largest absolute Gasteiger partial charge is 0.481 e. The lowest BCUT2D eigenvalue weighted by molar-refractivity contribution is -0.137. The average molecular weight is 462 g/mol. The lowest BCUT2D eigenvalue weighted by Gasteiger charge is -2.20. The number of fused-ring (bicyclic) bond motifs is 1. The zero-order chi connectivity index (χ0) is 24.1. The number of nitrogens with zero attached hydrogens (tertiary/aromatic N) is 5. The fourth-order valence-electron chi connectivity index (χ4n) is 4.55. The molecule has 0 aromatic carbocycles. The molecular formula is C26H31N5O3. The van der Waals surface area contributed by atoms with Gasteiger partial charge in [0.1, 0.15) is 5.69 Å². The molecule has 0 radical (unpaired) electrons. The molecule has 1 unspecified atom stereocenters. The number of pyridine rings is 2. The van der Waals surface area contributed by atoms with E-state index in [1.54, 1.807) is 43.3 Å². The third-order valence-electron chi connectivity index (χ3n) is 6.31. The maximum Gasteiger partial charge on any atom is 0.305 e. The zero-order valence-electron chi connectivity index (χ0n) is 19.8. The minimum Gasteiger partial charge on any atom is -0.481 e. The number of hydrogen-bond acceptors (Lipinski definition) is 5. The molecule has 0 fully saturated rings. The number of rotatable bonds is 9. The van der Waals surface area contributed by atoms with Crippen LogP contribution < -0.4 is 0 Å². The summed E-state index contributed by atoms with van der Waals surface area (Å²) in [5.41, 5.74) is 5.68. The summed E-state index contributed by atoms with van der Waals surface area (Å²) >= 11 is 0. The minimum absolute atomic E-state index is 0.138. The second-order valence-electron chi connectivity index (χ2n) is 9.02. The van der Waals surface area contributed by atoms with Crippen molar-refractivity contribution in [2.75, 3.05) is 14.1 Å². The van der Waals surface area contributed by atoms with Crippen LogP contribution in [0.15, 0.2) is 42.7 Å². The van der Waals surface area contributed by atoms with E-state index >= 15 is 0 Å². The fraction of sp³-hybridized carbons (Fsp3) is 0.423. The molecule has 0 saturated carbocycles. The van der Waals surface area contributed by atoms with Crippen LogP contribution in [0, 0.1) is 0 Å². The second-order valence-corrected chi connectivity index (χ2v) is 9.02. The van der Waals surface area contributed by atoms with Crippen LogP contribution in [0.4, 0.5) is 0 Å². The molecule has 3 aromatic heterocycles. The highest BCUT2D eigenvalue weighted by Crippen LogP contribution is 2.25. The van der Waals surface area contributed by atoms with Gasteiger partial charge in [-0.2, -0.15) is 5.10 Å². The summed E-state index contributed by atoms with van der Waals surface area (Å²) in [6.45, 7) is 0. The lowest BCUT2D eigenvalue weighted by atomic mass is 9.95. The molecule has 178 valence electrons. The van der Waals surface area contributed by atoms with Crippen LogP contribution in [0.1, 0.15) is 70.4 Å². The van der Waals surface area contributed by atoms with Crippen molar-refractivity contribution in [3.63, 3.8) is 0 Å². The molecule has 1 aliphatic carbocycles. The van der Waals surface area contributed by atoms with Gasteiger partial charge < -0.3 is 10.0 Å². The highest BCUT2D eigenvalue weighted by atomic mass is 16.4. The number of carboxylic acid groups (broad SMARTS) is 1. The molecule has 1 atom stereocenters. The van der Waals surface area contributed by atoms with E-state index in [9.17, 15) is 14.7 Å². The monoisotopic (exact) mass is 461 g/mol. The van der Waals surface area contributed by atoms with Gasteiger partial charge in [-0.3, -0.25) is 24.2 Å². The Morgan fingerprint density at radius 2 is 1.91 bits per heavy atom. The van der Waals surface area contributed by atoms with Crippen LogP contribution in [-0.2, 0) is 30.5 Å². The molecule has 0 saturated heterocycles. The molecule has 1 aliphatic rings. The third kappa shape index (κ3) is 5.50. The Morgan fingerprint density at radius 1 is 1.09 bits per heavy atom. The van der Waals surface area contributed by atoms with Crippen LogP contribution in [0.5, 0.6) is 0 Å². The van der Waals surface area contributed by atoms with Gasteiger partial charge in [0, 0.05) is 43.6 Å². The lowest BCUT2D eigenvalue weighted by Crippen LogP contribution is -2.24. The Balaban J connectivity index is 1.51. The summed E-state index contributed by atoms with van der Waals surface area (Å²) in [6, 6.07) is 9.18. The highest BCUT2D eigenvalue weighted by Gasteiger charge is 2.23.